The zero-order valence-corrected chi connectivity index (χ0v) is 65.4. The van der Waals surface area contributed by atoms with E-state index in [2.05, 4.69) is 171 Å². The highest BCUT2D eigenvalue weighted by atomic mass is 79.9. The van der Waals surface area contributed by atoms with Gasteiger partial charge in [-0.05, 0) is 118 Å². The standard InChI is InChI=1S/C18H17N5O3.C15H13N5O.C14H11N5O.C13H10BrN5O.C12H8BrN5O.C6H7N3O2/c1-2-25-18(24)12-8-11(12)13-9-20-15(19)14(21-13)17-23-22-16(26-17)10-6-4-3-5-7-10;1-3-11-9-17-13(16-2)12(18-11)15-20-19-14(21-15)10-7-5-4-6-8-10;1-2-10-8-16-12(15)11(17-10)14-19-18-13(20-14)9-6-4-3-5-7-9;1-15-11-10(17-9(14)7-16-11)13-19-18-12(20-13)8-5-3-2-4-6-8;13-8-6-15-10(14)9(16-8)12-18-17-11(19-12)7-4-2-1-3-5-7;1-11-6(10)4-5(7)9-3-2-8-4/h3-7,9,11-12H,2,8H2,1H3,(H2,19,20);3-9H,1H2,2H3,(H,16,17);2-8H,1H2,(H2,15,16);2-7H,1H3,(H,15,16);1-6H,(H2,14,15);2-3H,1H3,(H2,7,9). The van der Waals surface area contributed by atoms with E-state index in [9.17, 15) is 9.59 Å². The zero-order valence-electron chi connectivity index (χ0n) is 62.2. The first-order valence-electron chi connectivity index (χ1n) is 34.8. The summed E-state index contributed by atoms with van der Waals surface area (Å²) in [5.41, 5.74) is 31.0. The highest BCUT2D eigenvalue weighted by Crippen LogP contribution is 2.48. The Labute approximate surface area is 680 Å². The van der Waals surface area contributed by atoms with Gasteiger partial charge in [0, 0.05) is 60.2 Å². The molecule has 1 aliphatic rings. The van der Waals surface area contributed by atoms with Crippen molar-refractivity contribution in [1.29, 1.82) is 0 Å². The molecule has 10 N–H and O–H groups in total. The van der Waals surface area contributed by atoms with Crippen molar-refractivity contribution in [3.05, 3.63) is 240 Å². The summed E-state index contributed by atoms with van der Waals surface area (Å²) in [6, 6.07) is 47.5. The van der Waals surface area contributed by atoms with Crippen LogP contribution >= 0.6 is 31.9 Å². The lowest BCUT2D eigenvalue weighted by molar-refractivity contribution is -0.144. The molecule has 1 saturated carbocycles. The average Bonchev–Trinajstić information content (AvgIpc) is 1.63. The molecule has 0 bridgehead atoms. The van der Waals surface area contributed by atoms with E-state index >= 15 is 0 Å². The Morgan fingerprint density at radius 3 is 1.15 bits per heavy atom. The van der Waals surface area contributed by atoms with E-state index in [4.69, 9.17) is 49.8 Å². The van der Waals surface area contributed by atoms with Crippen LogP contribution in [0.2, 0.25) is 0 Å². The van der Waals surface area contributed by atoms with Gasteiger partial charge in [0.25, 0.3) is 29.5 Å². The lowest BCUT2D eigenvalue weighted by atomic mass is 10.2. The monoisotopic (exact) mass is 1700 g/mol. The molecule has 16 aromatic rings. The molecule has 1 aliphatic carbocycles. The largest absolute Gasteiger partial charge is 0.466 e. The second-order valence-electron chi connectivity index (χ2n) is 23.6. The second-order valence-corrected chi connectivity index (χ2v) is 25.3. The fourth-order valence-electron chi connectivity index (χ4n) is 10.2. The van der Waals surface area contributed by atoms with Crippen molar-refractivity contribution in [1.82, 2.24) is 111 Å². The first kappa shape index (κ1) is 81.0. The van der Waals surface area contributed by atoms with Crippen LogP contribution in [0.1, 0.15) is 46.8 Å². The summed E-state index contributed by atoms with van der Waals surface area (Å²) in [5, 5.41) is 46.1. The van der Waals surface area contributed by atoms with Gasteiger partial charge < -0.3 is 65.1 Å². The van der Waals surface area contributed by atoms with E-state index < -0.39 is 5.97 Å². The highest BCUT2D eigenvalue weighted by Gasteiger charge is 2.47. The van der Waals surface area contributed by atoms with Gasteiger partial charge in [0.05, 0.1) is 67.7 Å². The Bertz CT molecular complexity index is 6030. The molecule has 117 heavy (non-hydrogen) atoms. The van der Waals surface area contributed by atoms with Crippen LogP contribution in [0, 0.1) is 5.92 Å². The third-order valence-electron chi connectivity index (χ3n) is 15.9. The molecule has 0 saturated heterocycles. The number of anilines is 6. The predicted molar refractivity (Wildman–Crippen MR) is 437 cm³/mol. The van der Waals surface area contributed by atoms with E-state index in [0.29, 0.717) is 121 Å². The second kappa shape index (κ2) is 39.1. The number of hydrogen-bond acceptors (Lipinski definition) is 37. The lowest BCUT2D eigenvalue weighted by Crippen LogP contribution is -2.09. The maximum absolute atomic E-state index is 11.8. The van der Waals surface area contributed by atoms with Crippen molar-refractivity contribution in [3.63, 3.8) is 0 Å². The summed E-state index contributed by atoms with van der Waals surface area (Å²) in [5.74, 6) is 4.34. The Morgan fingerprint density at radius 2 is 0.752 bits per heavy atom. The van der Waals surface area contributed by atoms with Crippen LogP contribution in [0.3, 0.4) is 0 Å². The summed E-state index contributed by atoms with van der Waals surface area (Å²) in [4.78, 5) is 72.3. The Morgan fingerprint density at radius 1 is 0.427 bits per heavy atom. The number of nitrogens with two attached hydrogens (primary N) is 4. The van der Waals surface area contributed by atoms with Crippen molar-refractivity contribution in [2.24, 2.45) is 5.92 Å². The van der Waals surface area contributed by atoms with Crippen LogP contribution in [0.4, 0.5) is 34.9 Å². The van der Waals surface area contributed by atoms with Gasteiger partial charge in [-0.1, -0.05) is 104 Å². The van der Waals surface area contributed by atoms with Crippen molar-refractivity contribution >= 4 is 90.9 Å². The van der Waals surface area contributed by atoms with Gasteiger partial charge in [0.1, 0.15) is 9.21 Å². The van der Waals surface area contributed by atoms with E-state index in [1.54, 1.807) is 51.8 Å². The molecule has 0 aliphatic heterocycles. The van der Waals surface area contributed by atoms with Gasteiger partial charge in [-0.25, -0.2) is 64.6 Å². The zero-order chi connectivity index (χ0) is 82.2. The molecule has 11 heterocycles. The van der Waals surface area contributed by atoms with E-state index in [-0.39, 0.29) is 64.4 Å². The quantitative estimate of drug-likeness (QED) is 0.0434. The third-order valence-corrected chi connectivity index (χ3v) is 16.7. The number of methoxy groups -OCH3 is 1. The first-order chi connectivity index (χ1) is 57.0. The summed E-state index contributed by atoms with van der Waals surface area (Å²) in [6.45, 7) is 9.48. The van der Waals surface area contributed by atoms with Gasteiger partial charge in [-0.3, -0.25) is 4.79 Å². The fourth-order valence-corrected chi connectivity index (χ4v) is 10.8. The smallest absolute Gasteiger partial charge is 0.360 e. The van der Waals surface area contributed by atoms with Crippen molar-refractivity contribution in [3.8, 4) is 115 Å². The maximum Gasteiger partial charge on any atom is 0.360 e. The number of nitrogens with zero attached hydrogens (tertiary/aromatic N) is 22. The fraction of sp³-hybridized carbons (Fsp3) is 0.103. The molecule has 11 aromatic heterocycles. The number of hydrogen-bond donors (Lipinski definition) is 6. The third kappa shape index (κ3) is 20.8. The molecule has 2 atom stereocenters. The maximum atomic E-state index is 11.8. The predicted octanol–water partition coefficient (Wildman–Crippen LogP) is 13.1. The summed E-state index contributed by atoms with van der Waals surface area (Å²) in [6.07, 6.45) is 14.5. The molecule has 5 aromatic carbocycles. The molecule has 1 fully saturated rings. The Kier molecular flexibility index (Phi) is 27.0. The van der Waals surface area contributed by atoms with Crippen LogP contribution in [0.5, 0.6) is 0 Å². The Hall–Kier alpha value is -15.5. The first-order valence-corrected chi connectivity index (χ1v) is 36.4. The van der Waals surface area contributed by atoms with Crippen LogP contribution in [-0.2, 0) is 14.3 Å². The number of halogens is 2. The number of benzene rings is 5. The molecule has 586 valence electrons. The molecule has 0 spiro atoms. The molecular weight excluding hydrogens is 1630 g/mol. The van der Waals surface area contributed by atoms with Crippen LogP contribution in [-0.4, -0.2) is 151 Å². The number of carbonyl (C=O) groups excluding carboxylic acids is 2. The van der Waals surface area contributed by atoms with Gasteiger partial charge in [0.15, 0.2) is 69.1 Å². The normalized spacial score (nSPS) is 12.1. The SMILES string of the molecule is C=Cc1cnc(N)c(-c2nnc(-c3ccccc3)o2)n1.C=Cc1cnc(NC)c(-c2nnc(-c3ccccc3)o2)n1.CCOC(=O)C1CC1c1cnc(N)c(-c2nnc(-c3ccccc3)o2)n1.CNc1ncc(Br)nc1-c1nnc(-c2ccccc2)o1.COC(=O)c1nccnc1N.Nc1ncc(Br)nc1-c1nnc(-c2ccccc2)o1. The molecular formula is C78H66Br2N28O9. The minimum atomic E-state index is -0.574. The van der Waals surface area contributed by atoms with Crippen molar-refractivity contribution in [2.45, 2.75) is 19.3 Å². The van der Waals surface area contributed by atoms with Crippen LogP contribution in [0.25, 0.3) is 127 Å². The molecule has 17 rings (SSSR count). The van der Waals surface area contributed by atoms with Crippen molar-refractivity contribution < 1.29 is 41.1 Å². The van der Waals surface area contributed by atoms with E-state index in [0.717, 1.165) is 27.8 Å². The molecule has 2 unspecified atom stereocenters. The molecule has 37 nitrogen and oxygen atoms in total. The number of aromatic nitrogens is 22. The van der Waals surface area contributed by atoms with Gasteiger partial charge >= 0.3 is 11.9 Å². The van der Waals surface area contributed by atoms with Crippen molar-refractivity contribution in [2.75, 3.05) is 61.4 Å². The van der Waals surface area contributed by atoms with E-state index in [1.165, 1.54) is 31.9 Å². The lowest BCUT2D eigenvalue weighted by Gasteiger charge is -2.04. The number of ether oxygens (including phenoxy) is 2. The minimum absolute atomic E-state index is 0.0163. The number of nitrogen functional groups attached to an aromatic ring is 4. The number of rotatable bonds is 18. The Balaban J connectivity index is 0.000000131. The summed E-state index contributed by atoms with van der Waals surface area (Å²) >= 11 is 6.51. The molecule has 39 heteroatoms. The summed E-state index contributed by atoms with van der Waals surface area (Å²) in [7, 11) is 4.78. The summed E-state index contributed by atoms with van der Waals surface area (Å²) < 4.78 is 38.8. The number of carbonyl (C=O) groups is 2. The van der Waals surface area contributed by atoms with Gasteiger partial charge in [0.2, 0.25) is 29.5 Å². The average molecular weight is 1700 g/mol. The molecule has 0 radical (unpaired) electrons. The topological polar surface area (TPSA) is 530 Å². The van der Waals surface area contributed by atoms with E-state index in [1.807, 2.05) is 152 Å². The van der Waals surface area contributed by atoms with Crippen LogP contribution < -0.4 is 33.6 Å². The number of nitrogens with one attached hydrogen (secondary N) is 2. The highest BCUT2D eigenvalue weighted by molar-refractivity contribution is 9.10. The van der Waals surface area contributed by atoms with Gasteiger partial charge in [-0.2, -0.15) is 0 Å². The molecule has 0 amide bonds. The number of esters is 2. The van der Waals surface area contributed by atoms with Crippen LogP contribution in [0.15, 0.2) is 239 Å². The minimum Gasteiger partial charge on any atom is -0.466 e. The van der Waals surface area contributed by atoms with Gasteiger partial charge in [-0.15, -0.1) is 51.0 Å².